The molecular weight excluding hydrogens is 288 g/mol. The van der Waals surface area contributed by atoms with Crippen LogP contribution in [0.2, 0.25) is 0 Å². The van der Waals surface area contributed by atoms with Crippen LogP contribution in [0.1, 0.15) is 5.56 Å². The van der Waals surface area contributed by atoms with Gasteiger partial charge in [0.15, 0.2) is 0 Å². The minimum atomic E-state index is -0.0488. The van der Waals surface area contributed by atoms with Crippen LogP contribution >= 0.6 is 0 Å². The molecule has 2 heterocycles. The molecule has 0 saturated carbocycles. The van der Waals surface area contributed by atoms with Crippen LogP contribution in [0.3, 0.4) is 0 Å². The zero-order valence-corrected chi connectivity index (χ0v) is 12.3. The molecule has 2 aromatic carbocycles. The van der Waals surface area contributed by atoms with Crippen LogP contribution in [0.25, 0.3) is 22.2 Å². The summed E-state index contributed by atoms with van der Waals surface area (Å²) in [6, 6.07) is 19.2. The Bertz CT molecular complexity index is 1000. The third-order valence-corrected chi connectivity index (χ3v) is 3.83. The molecule has 0 aliphatic heterocycles. The maximum absolute atomic E-state index is 12.7. The molecule has 4 nitrogen and oxygen atoms in total. The normalized spacial score (nSPS) is 11.0. The van der Waals surface area contributed by atoms with Crippen molar-refractivity contribution in [2.75, 3.05) is 0 Å². The molecule has 0 bridgehead atoms. The largest absolute Gasteiger partial charge is 0.464 e. The zero-order chi connectivity index (χ0) is 15.6. The highest BCUT2D eigenvalue weighted by Crippen LogP contribution is 2.22. The Hall–Kier alpha value is -3.14. The molecule has 0 aliphatic rings. The Morgan fingerprint density at radius 2 is 1.87 bits per heavy atom. The molecule has 4 heteroatoms. The number of furan rings is 1. The molecule has 0 N–H and O–H groups in total. The summed E-state index contributed by atoms with van der Waals surface area (Å²) >= 11 is 0. The topological polar surface area (TPSA) is 48.0 Å². The Morgan fingerprint density at radius 1 is 1.00 bits per heavy atom. The van der Waals surface area contributed by atoms with Gasteiger partial charge in [0.1, 0.15) is 5.76 Å². The Morgan fingerprint density at radius 3 is 2.65 bits per heavy atom. The Balaban J connectivity index is 1.82. The van der Waals surface area contributed by atoms with Gasteiger partial charge in [-0.1, -0.05) is 30.3 Å². The Kier molecular flexibility index (Phi) is 3.27. The van der Waals surface area contributed by atoms with Crippen LogP contribution < -0.4 is 5.56 Å². The second-order valence-electron chi connectivity index (χ2n) is 5.37. The van der Waals surface area contributed by atoms with Gasteiger partial charge in [0.2, 0.25) is 0 Å². The van der Waals surface area contributed by atoms with Gasteiger partial charge in [0.25, 0.3) is 5.56 Å². The van der Waals surface area contributed by atoms with Gasteiger partial charge < -0.3 is 4.42 Å². The lowest BCUT2D eigenvalue weighted by atomic mass is 10.1. The standard InChI is InChI=1S/C19H14N2O2/c22-19-16-11-15(18-7-4-10-23-18)8-9-17(16)20-13-21(19)12-14-5-2-1-3-6-14/h1-11,13H,12H2. The van der Waals surface area contributed by atoms with Crippen molar-refractivity contribution in [1.29, 1.82) is 0 Å². The van der Waals surface area contributed by atoms with Crippen molar-refractivity contribution in [2.45, 2.75) is 6.54 Å². The molecule has 0 fully saturated rings. The predicted molar refractivity (Wildman–Crippen MR) is 89.2 cm³/mol. The van der Waals surface area contributed by atoms with Gasteiger partial charge in [-0.25, -0.2) is 4.98 Å². The molecule has 23 heavy (non-hydrogen) atoms. The average molecular weight is 302 g/mol. The summed E-state index contributed by atoms with van der Waals surface area (Å²) < 4.78 is 7.03. The third-order valence-electron chi connectivity index (χ3n) is 3.83. The van der Waals surface area contributed by atoms with Gasteiger partial charge in [-0.05, 0) is 35.9 Å². The SMILES string of the molecule is O=c1c2cc(-c3ccco3)ccc2ncn1Cc1ccccc1. The number of benzene rings is 2. The number of fused-ring (bicyclic) bond motifs is 1. The number of rotatable bonds is 3. The summed E-state index contributed by atoms with van der Waals surface area (Å²) in [4.78, 5) is 17.1. The highest BCUT2D eigenvalue weighted by molar-refractivity contribution is 5.82. The van der Waals surface area contributed by atoms with Crippen molar-refractivity contribution in [3.8, 4) is 11.3 Å². The van der Waals surface area contributed by atoms with E-state index in [1.807, 2.05) is 60.7 Å². The molecule has 0 atom stereocenters. The van der Waals surface area contributed by atoms with E-state index in [0.29, 0.717) is 17.4 Å². The van der Waals surface area contributed by atoms with Crippen molar-refractivity contribution < 1.29 is 4.42 Å². The molecule has 112 valence electrons. The van der Waals surface area contributed by atoms with Crippen LogP contribution in [0.5, 0.6) is 0 Å². The van der Waals surface area contributed by atoms with Crippen LogP contribution in [-0.2, 0) is 6.54 Å². The molecule has 0 amide bonds. The maximum Gasteiger partial charge on any atom is 0.261 e. The summed E-state index contributed by atoms with van der Waals surface area (Å²) in [6.07, 6.45) is 3.22. The fraction of sp³-hybridized carbons (Fsp3) is 0.0526. The second kappa shape index (κ2) is 5.57. The predicted octanol–water partition coefficient (Wildman–Crippen LogP) is 3.70. The molecule has 2 aromatic heterocycles. The van der Waals surface area contributed by atoms with Gasteiger partial charge in [0.05, 0.1) is 30.0 Å². The third kappa shape index (κ3) is 2.55. The first kappa shape index (κ1) is 13.5. The van der Waals surface area contributed by atoms with Gasteiger partial charge in [0, 0.05) is 5.56 Å². The minimum absolute atomic E-state index is 0.0488. The molecular formula is C19H14N2O2. The zero-order valence-electron chi connectivity index (χ0n) is 12.3. The van der Waals surface area contributed by atoms with E-state index in [1.165, 1.54) is 0 Å². The van der Waals surface area contributed by atoms with Crippen molar-refractivity contribution >= 4 is 10.9 Å². The fourth-order valence-electron chi connectivity index (χ4n) is 2.65. The van der Waals surface area contributed by atoms with E-state index in [1.54, 1.807) is 17.2 Å². The molecule has 0 saturated heterocycles. The highest BCUT2D eigenvalue weighted by Gasteiger charge is 2.08. The van der Waals surface area contributed by atoms with E-state index >= 15 is 0 Å². The maximum atomic E-state index is 12.7. The van der Waals surface area contributed by atoms with E-state index < -0.39 is 0 Å². The van der Waals surface area contributed by atoms with E-state index in [2.05, 4.69) is 4.98 Å². The summed E-state index contributed by atoms with van der Waals surface area (Å²) in [5, 5.41) is 0.595. The number of hydrogen-bond acceptors (Lipinski definition) is 3. The molecule has 0 spiro atoms. The number of aromatic nitrogens is 2. The van der Waals surface area contributed by atoms with Crippen molar-refractivity contribution in [2.24, 2.45) is 0 Å². The van der Waals surface area contributed by atoms with E-state index in [0.717, 1.165) is 16.9 Å². The summed E-state index contributed by atoms with van der Waals surface area (Å²) in [5.74, 6) is 0.741. The van der Waals surface area contributed by atoms with E-state index in [9.17, 15) is 4.79 Å². The van der Waals surface area contributed by atoms with E-state index in [-0.39, 0.29) is 5.56 Å². The molecule has 0 radical (unpaired) electrons. The monoisotopic (exact) mass is 302 g/mol. The van der Waals surface area contributed by atoms with Crippen LogP contribution in [0.15, 0.2) is 82.5 Å². The summed E-state index contributed by atoms with van der Waals surface area (Å²) in [6.45, 7) is 0.508. The first-order chi connectivity index (χ1) is 11.3. The van der Waals surface area contributed by atoms with Crippen molar-refractivity contribution in [3.63, 3.8) is 0 Å². The van der Waals surface area contributed by atoms with Crippen LogP contribution in [0.4, 0.5) is 0 Å². The van der Waals surface area contributed by atoms with Crippen molar-refractivity contribution in [3.05, 3.63) is 89.2 Å². The fourth-order valence-corrected chi connectivity index (χ4v) is 2.65. The highest BCUT2D eigenvalue weighted by atomic mass is 16.3. The second-order valence-corrected chi connectivity index (χ2v) is 5.37. The lowest BCUT2D eigenvalue weighted by molar-refractivity contribution is 0.582. The first-order valence-corrected chi connectivity index (χ1v) is 7.38. The summed E-state index contributed by atoms with van der Waals surface area (Å²) in [5.41, 5.74) is 2.58. The van der Waals surface area contributed by atoms with Gasteiger partial charge in [-0.15, -0.1) is 0 Å². The molecule has 0 aliphatic carbocycles. The lowest BCUT2D eigenvalue weighted by Gasteiger charge is -2.07. The first-order valence-electron chi connectivity index (χ1n) is 7.38. The lowest BCUT2D eigenvalue weighted by Crippen LogP contribution is -2.21. The van der Waals surface area contributed by atoms with Crippen LogP contribution in [-0.4, -0.2) is 9.55 Å². The molecule has 0 unspecified atom stereocenters. The van der Waals surface area contributed by atoms with Crippen molar-refractivity contribution in [1.82, 2.24) is 9.55 Å². The average Bonchev–Trinajstić information content (AvgIpc) is 3.13. The number of nitrogens with zero attached hydrogens (tertiary/aromatic N) is 2. The van der Waals surface area contributed by atoms with E-state index in [4.69, 9.17) is 4.42 Å². The van der Waals surface area contributed by atoms with Gasteiger partial charge >= 0.3 is 0 Å². The molecule has 4 rings (SSSR count). The van der Waals surface area contributed by atoms with Gasteiger partial charge in [-0.3, -0.25) is 9.36 Å². The Labute approximate surface area is 132 Å². The van der Waals surface area contributed by atoms with Crippen LogP contribution in [0, 0.1) is 0 Å². The quantitative estimate of drug-likeness (QED) is 0.579. The number of hydrogen-bond donors (Lipinski definition) is 0. The van der Waals surface area contributed by atoms with Gasteiger partial charge in [-0.2, -0.15) is 0 Å². The minimum Gasteiger partial charge on any atom is -0.464 e. The smallest absolute Gasteiger partial charge is 0.261 e. The summed E-state index contributed by atoms with van der Waals surface area (Å²) in [7, 11) is 0. The molecule has 4 aromatic rings.